The molecule has 0 aliphatic heterocycles. The highest BCUT2D eigenvalue weighted by molar-refractivity contribution is 6.40. The van der Waals surface area contributed by atoms with Gasteiger partial charge in [0.25, 0.3) is 5.91 Å². The summed E-state index contributed by atoms with van der Waals surface area (Å²) < 4.78 is 4.81. The number of esters is 1. The number of methoxy groups -OCH3 is 1. The average molecular weight is 557 g/mol. The van der Waals surface area contributed by atoms with Gasteiger partial charge in [0, 0.05) is 17.8 Å². The van der Waals surface area contributed by atoms with Crippen molar-refractivity contribution in [3.8, 4) is 11.1 Å². The molecule has 3 aromatic rings. The number of halogens is 2. The van der Waals surface area contributed by atoms with E-state index in [1.807, 2.05) is 30.3 Å². The molecule has 0 radical (unpaired) electrons. The van der Waals surface area contributed by atoms with Crippen LogP contribution in [0.2, 0.25) is 10.0 Å². The predicted molar refractivity (Wildman–Crippen MR) is 147 cm³/mol. The minimum absolute atomic E-state index is 0.105. The van der Waals surface area contributed by atoms with Crippen LogP contribution in [0.25, 0.3) is 11.1 Å². The van der Waals surface area contributed by atoms with Gasteiger partial charge in [0.15, 0.2) is 5.41 Å². The molecule has 3 aromatic carbocycles. The molecular weight excluding hydrogens is 531 g/mol. The number of amides is 3. The highest BCUT2D eigenvalue weighted by atomic mass is 35.5. The van der Waals surface area contributed by atoms with Crippen molar-refractivity contribution in [3.63, 3.8) is 0 Å². The summed E-state index contributed by atoms with van der Waals surface area (Å²) in [5, 5.41) is 7.82. The zero-order valence-corrected chi connectivity index (χ0v) is 22.2. The molecule has 3 amide bonds. The molecule has 11 heteroatoms. The number of nitrogen functional groups attached to an aromatic ring is 1. The Morgan fingerprint density at radius 3 is 2.16 bits per heavy atom. The smallest absolute Gasteiger partial charge is 0.322 e. The van der Waals surface area contributed by atoms with Crippen molar-refractivity contribution in [2.24, 2.45) is 5.41 Å². The van der Waals surface area contributed by atoms with Crippen LogP contribution >= 0.6 is 23.2 Å². The molecule has 0 bridgehead atoms. The van der Waals surface area contributed by atoms with E-state index in [-0.39, 0.29) is 21.3 Å². The summed E-state index contributed by atoms with van der Waals surface area (Å²) in [7, 11) is 1.12. The second kappa shape index (κ2) is 12.4. The monoisotopic (exact) mass is 556 g/mol. The van der Waals surface area contributed by atoms with Crippen molar-refractivity contribution in [2.75, 3.05) is 31.2 Å². The molecule has 0 fully saturated rings. The highest BCUT2D eigenvalue weighted by Crippen LogP contribution is 2.36. The molecule has 198 valence electrons. The third-order valence-corrected chi connectivity index (χ3v) is 6.32. The van der Waals surface area contributed by atoms with Crippen LogP contribution in [0.1, 0.15) is 17.3 Å². The van der Waals surface area contributed by atoms with Gasteiger partial charge in [-0.25, -0.2) is 0 Å². The first-order chi connectivity index (χ1) is 18.0. The quantitative estimate of drug-likeness (QED) is 0.179. The average Bonchev–Trinajstić information content (AvgIpc) is 2.91. The molecule has 5 N–H and O–H groups in total. The van der Waals surface area contributed by atoms with Crippen molar-refractivity contribution in [3.05, 3.63) is 82.3 Å². The first-order valence-electron chi connectivity index (χ1n) is 11.4. The van der Waals surface area contributed by atoms with Gasteiger partial charge < -0.3 is 26.4 Å². The molecule has 1 atom stereocenters. The number of benzene rings is 3. The zero-order valence-electron chi connectivity index (χ0n) is 20.6. The Labute approximate surface area is 229 Å². The maximum absolute atomic E-state index is 13.2. The molecule has 38 heavy (non-hydrogen) atoms. The van der Waals surface area contributed by atoms with Crippen LogP contribution in [0, 0.1) is 5.41 Å². The van der Waals surface area contributed by atoms with E-state index in [9.17, 15) is 19.2 Å². The molecule has 0 saturated carbocycles. The second-order valence-corrected chi connectivity index (χ2v) is 9.36. The van der Waals surface area contributed by atoms with Crippen LogP contribution < -0.4 is 21.7 Å². The fraction of sp³-hybridized carbons (Fsp3) is 0.185. The predicted octanol–water partition coefficient (Wildman–Crippen LogP) is 3.91. The number of nitrogens with two attached hydrogens (primary N) is 1. The summed E-state index contributed by atoms with van der Waals surface area (Å²) in [5.41, 5.74) is 6.23. The topological polar surface area (TPSA) is 140 Å². The fourth-order valence-corrected chi connectivity index (χ4v) is 4.07. The zero-order chi connectivity index (χ0) is 27.9. The van der Waals surface area contributed by atoms with E-state index in [0.717, 1.165) is 18.2 Å². The molecule has 0 heterocycles. The lowest BCUT2D eigenvalue weighted by molar-refractivity contribution is -0.155. The van der Waals surface area contributed by atoms with Crippen molar-refractivity contribution >= 4 is 58.3 Å². The van der Waals surface area contributed by atoms with Crippen molar-refractivity contribution < 1.29 is 23.9 Å². The van der Waals surface area contributed by atoms with E-state index in [1.165, 1.54) is 13.0 Å². The maximum Gasteiger partial charge on any atom is 0.322 e. The number of carbonyl (C=O) groups is 4. The van der Waals surface area contributed by atoms with Crippen LogP contribution in [0.3, 0.4) is 0 Å². The SMILES string of the molecule is COC(=O)[C@@](C)(CNC(=O)CNC(=O)c1cccc(N)c1)C(=O)Nc1c(Cl)cc(-c2ccccc2)cc1Cl. The standard InChI is InChI=1S/C27H26Cl2N4O5/c1-27(26(37)38-2,15-32-22(34)14-31-24(35)17-9-6-10-19(30)11-17)25(36)33-23-20(28)12-18(13-21(23)29)16-7-4-3-5-8-16/h3-13H,14-15,30H2,1-2H3,(H,31,35)(H,32,34)(H,33,36)/t27-/m0/s1. The van der Waals surface area contributed by atoms with E-state index < -0.39 is 42.2 Å². The Balaban J connectivity index is 1.69. The summed E-state index contributed by atoms with van der Waals surface area (Å²) >= 11 is 12.8. The highest BCUT2D eigenvalue weighted by Gasteiger charge is 2.43. The Morgan fingerprint density at radius 2 is 1.55 bits per heavy atom. The third kappa shape index (κ3) is 6.81. The van der Waals surface area contributed by atoms with Crippen molar-refractivity contribution in [2.45, 2.75) is 6.92 Å². The second-order valence-electron chi connectivity index (χ2n) is 8.54. The first-order valence-corrected chi connectivity index (χ1v) is 12.2. The Hall–Kier alpha value is -4.08. The van der Waals surface area contributed by atoms with Gasteiger partial charge in [-0.05, 0) is 48.4 Å². The number of anilines is 2. The van der Waals surface area contributed by atoms with Crippen molar-refractivity contribution in [1.82, 2.24) is 10.6 Å². The Morgan fingerprint density at radius 1 is 0.895 bits per heavy atom. The Bertz CT molecular complexity index is 1340. The lowest BCUT2D eigenvalue weighted by atomic mass is 9.89. The number of rotatable bonds is 9. The number of ether oxygens (including phenoxy) is 1. The summed E-state index contributed by atoms with van der Waals surface area (Å²) in [6.45, 7) is 0.487. The van der Waals surface area contributed by atoms with Gasteiger partial charge >= 0.3 is 5.97 Å². The van der Waals surface area contributed by atoms with Crippen LogP contribution in [0.4, 0.5) is 11.4 Å². The van der Waals surface area contributed by atoms with E-state index in [0.29, 0.717) is 5.69 Å². The summed E-state index contributed by atoms with van der Waals surface area (Å²) in [6, 6.07) is 18.9. The van der Waals surface area contributed by atoms with Crippen LogP contribution in [0.15, 0.2) is 66.7 Å². The van der Waals surface area contributed by atoms with Gasteiger partial charge in [0.2, 0.25) is 11.8 Å². The molecule has 0 aromatic heterocycles. The Kier molecular flexibility index (Phi) is 9.33. The van der Waals surface area contributed by atoms with E-state index in [2.05, 4.69) is 16.0 Å². The molecule has 9 nitrogen and oxygen atoms in total. The molecule has 0 saturated heterocycles. The van der Waals surface area contributed by atoms with Gasteiger partial charge in [-0.15, -0.1) is 0 Å². The van der Waals surface area contributed by atoms with Gasteiger partial charge in [0.05, 0.1) is 29.4 Å². The van der Waals surface area contributed by atoms with Gasteiger partial charge in [0.1, 0.15) is 0 Å². The summed E-state index contributed by atoms with van der Waals surface area (Å²) in [5.74, 6) is -2.84. The molecular formula is C27H26Cl2N4O5. The van der Waals surface area contributed by atoms with E-state index in [4.69, 9.17) is 33.7 Å². The molecule has 3 rings (SSSR count). The lowest BCUT2D eigenvalue weighted by Crippen LogP contribution is -2.51. The van der Waals surface area contributed by atoms with Crippen molar-refractivity contribution in [1.29, 1.82) is 0 Å². The van der Waals surface area contributed by atoms with E-state index in [1.54, 1.807) is 30.3 Å². The fourth-order valence-electron chi connectivity index (χ4n) is 3.49. The van der Waals surface area contributed by atoms with Crippen LogP contribution in [-0.4, -0.2) is 43.9 Å². The number of hydrogen-bond donors (Lipinski definition) is 4. The van der Waals surface area contributed by atoms with Crippen LogP contribution in [-0.2, 0) is 19.1 Å². The molecule has 0 aliphatic rings. The number of carbonyl (C=O) groups excluding carboxylic acids is 4. The van der Waals surface area contributed by atoms with Crippen LogP contribution in [0.5, 0.6) is 0 Å². The number of hydrogen-bond acceptors (Lipinski definition) is 6. The summed E-state index contributed by atoms with van der Waals surface area (Å²) in [6.07, 6.45) is 0. The summed E-state index contributed by atoms with van der Waals surface area (Å²) in [4.78, 5) is 50.4. The minimum atomic E-state index is -1.84. The molecule has 0 unspecified atom stereocenters. The van der Waals surface area contributed by atoms with Gasteiger partial charge in [-0.2, -0.15) is 0 Å². The minimum Gasteiger partial charge on any atom is -0.468 e. The first kappa shape index (κ1) is 28.5. The number of nitrogens with one attached hydrogen (secondary N) is 3. The van der Waals surface area contributed by atoms with E-state index >= 15 is 0 Å². The lowest BCUT2D eigenvalue weighted by Gasteiger charge is -2.26. The molecule has 0 aliphatic carbocycles. The largest absolute Gasteiger partial charge is 0.468 e. The van der Waals surface area contributed by atoms with Gasteiger partial charge in [-0.3, -0.25) is 19.2 Å². The normalized spacial score (nSPS) is 12.1. The maximum atomic E-state index is 13.2. The van der Waals surface area contributed by atoms with Gasteiger partial charge in [-0.1, -0.05) is 59.6 Å². The third-order valence-electron chi connectivity index (χ3n) is 5.72. The molecule has 0 spiro atoms.